The van der Waals surface area contributed by atoms with Crippen LogP contribution in [0.25, 0.3) is 22.0 Å². The van der Waals surface area contributed by atoms with Crippen LogP contribution in [0.15, 0.2) is 53.6 Å². The number of carbonyl (C=O) groups is 1. The van der Waals surface area contributed by atoms with Crippen molar-refractivity contribution in [1.29, 1.82) is 0 Å². The first-order valence-electron chi connectivity index (χ1n) is 12.1. The fraction of sp³-hybridized carbons (Fsp3) is 0.423. The summed E-state index contributed by atoms with van der Waals surface area (Å²) in [7, 11) is -3.87. The van der Waals surface area contributed by atoms with Crippen molar-refractivity contribution < 1.29 is 23.2 Å². The molecule has 1 atom stereocenters. The summed E-state index contributed by atoms with van der Waals surface area (Å²) in [6.07, 6.45) is 3.03. The summed E-state index contributed by atoms with van der Waals surface area (Å²) in [6, 6.07) is 13.8. The molecule has 11 heteroatoms. The molecule has 4 rings (SSSR count). The fourth-order valence-electron chi connectivity index (χ4n) is 4.39. The van der Waals surface area contributed by atoms with Gasteiger partial charge in [-0.3, -0.25) is 24.3 Å². The van der Waals surface area contributed by atoms with Gasteiger partial charge < -0.3 is 4.74 Å². The maximum Gasteiger partial charge on any atom is 0.264 e. The summed E-state index contributed by atoms with van der Waals surface area (Å²) in [4.78, 5) is 31.9. The van der Waals surface area contributed by atoms with Crippen molar-refractivity contribution in [1.82, 2.24) is 19.9 Å². The van der Waals surface area contributed by atoms with Crippen LogP contribution in [0.5, 0.6) is 0 Å². The molecule has 1 fully saturated rings. The molecule has 2 aromatic carbocycles. The molecule has 2 N–H and O–H groups in total. The van der Waals surface area contributed by atoms with Crippen molar-refractivity contribution in [2.75, 3.05) is 39.1 Å². The number of nitrogens with zero attached hydrogens (tertiary/aromatic N) is 3. The van der Waals surface area contributed by atoms with Crippen molar-refractivity contribution in [2.24, 2.45) is 0 Å². The third kappa shape index (κ3) is 5.90. The van der Waals surface area contributed by atoms with Gasteiger partial charge in [0.2, 0.25) is 0 Å². The molecule has 0 saturated carbocycles. The van der Waals surface area contributed by atoms with Crippen LogP contribution in [-0.2, 0) is 32.3 Å². The molecule has 0 aliphatic carbocycles. The average Bonchev–Trinajstić information content (AvgIpc) is 2.91. The van der Waals surface area contributed by atoms with Gasteiger partial charge >= 0.3 is 0 Å². The molecule has 3 aromatic rings. The van der Waals surface area contributed by atoms with Crippen LogP contribution in [0.2, 0.25) is 0 Å². The Labute approximate surface area is 215 Å². The van der Waals surface area contributed by atoms with Crippen LogP contribution >= 0.6 is 0 Å². The van der Waals surface area contributed by atoms with E-state index in [0.717, 1.165) is 56.7 Å². The van der Waals surface area contributed by atoms with E-state index >= 15 is 0 Å². The smallest absolute Gasteiger partial charge is 0.264 e. The van der Waals surface area contributed by atoms with Gasteiger partial charge in [0.25, 0.3) is 11.5 Å². The number of amides is 1. The normalized spacial score (nSPS) is 16.4. The van der Waals surface area contributed by atoms with Gasteiger partial charge in [-0.25, -0.2) is 18.9 Å². The van der Waals surface area contributed by atoms with E-state index in [-0.39, 0.29) is 18.5 Å². The van der Waals surface area contributed by atoms with Crippen LogP contribution in [-0.4, -0.2) is 77.8 Å². The molecule has 1 amide bonds. The Balaban J connectivity index is 1.49. The minimum Gasteiger partial charge on any atom is -0.379 e. The van der Waals surface area contributed by atoms with Gasteiger partial charge in [-0.05, 0) is 48.6 Å². The summed E-state index contributed by atoms with van der Waals surface area (Å²) >= 11 is 0. The number of hydrogen-bond acceptors (Lipinski definition) is 8. The summed E-state index contributed by atoms with van der Waals surface area (Å²) in [6.45, 7) is 5.68. The standard InChI is InChI=1S/C26H32N4O6S/c1-26(25(32)28-33,37(2,34)35)10-12-30-18-27-23-17-21(7-8-22(23)24(30)31)20-5-3-19(4-6-20)9-11-29-13-15-36-16-14-29/h3-8,17-18,33H,9-16H2,1-2H3,(H,28,32)/t26-/m1/s1. The Morgan fingerprint density at radius 1 is 1.11 bits per heavy atom. The maximum absolute atomic E-state index is 13.0. The van der Waals surface area contributed by atoms with E-state index in [1.54, 1.807) is 6.07 Å². The highest BCUT2D eigenvalue weighted by molar-refractivity contribution is 7.92. The van der Waals surface area contributed by atoms with Crippen LogP contribution in [0.3, 0.4) is 0 Å². The number of aromatic nitrogens is 2. The zero-order valence-electron chi connectivity index (χ0n) is 21.0. The van der Waals surface area contributed by atoms with E-state index in [1.165, 1.54) is 28.9 Å². The highest BCUT2D eigenvalue weighted by Gasteiger charge is 2.43. The minimum absolute atomic E-state index is 0.0631. The van der Waals surface area contributed by atoms with E-state index in [9.17, 15) is 18.0 Å². The fourth-order valence-corrected chi connectivity index (χ4v) is 5.24. The SMILES string of the molecule is C[C@@](CCn1cnc2cc(-c3ccc(CCN4CCOCC4)cc3)ccc2c1=O)(C(=O)NO)S(C)(=O)=O. The largest absolute Gasteiger partial charge is 0.379 e. The molecule has 0 radical (unpaired) electrons. The summed E-state index contributed by atoms with van der Waals surface area (Å²) in [5.74, 6) is -1.05. The van der Waals surface area contributed by atoms with Crippen LogP contribution in [0, 0.1) is 0 Å². The second kappa shape index (κ2) is 11.1. The van der Waals surface area contributed by atoms with Gasteiger partial charge in [-0.15, -0.1) is 0 Å². The predicted molar refractivity (Wildman–Crippen MR) is 140 cm³/mol. The van der Waals surface area contributed by atoms with E-state index in [0.29, 0.717) is 10.9 Å². The van der Waals surface area contributed by atoms with Gasteiger partial charge in [0.1, 0.15) is 0 Å². The first-order chi connectivity index (χ1) is 17.6. The summed E-state index contributed by atoms with van der Waals surface area (Å²) in [5, 5.41) is 9.38. The van der Waals surface area contributed by atoms with Gasteiger partial charge in [-0.2, -0.15) is 0 Å². The molecular weight excluding hydrogens is 496 g/mol. The van der Waals surface area contributed by atoms with E-state index in [2.05, 4.69) is 34.1 Å². The van der Waals surface area contributed by atoms with Gasteiger partial charge in [-0.1, -0.05) is 30.3 Å². The van der Waals surface area contributed by atoms with E-state index in [4.69, 9.17) is 9.94 Å². The Kier molecular flexibility index (Phi) is 8.08. The van der Waals surface area contributed by atoms with Crippen molar-refractivity contribution in [3.63, 3.8) is 0 Å². The van der Waals surface area contributed by atoms with Crippen molar-refractivity contribution in [2.45, 2.75) is 31.1 Å². The third-order valence-corrected chi connectivity index (χ3v) is 9.19. The molecule has 0 unspecified atom stereocenters. The van der Waals surface area contributed by atoms with Crippen LogP contribution in [0.1, 0.15) is 18.9 Å². The zero-order chi connectivity index (χ0) is 26.6. The number of morpholine rings is 1. The number of hydroxylamine groups is 1. The summed E-state index contributed by atoms with van der Waals surface area (Å²) in [5.41, 5.74) is 4.80. The van der Waals surface area contributed by atoms with E-state index < -0.39 is 20.5 Å². The number of fused-ring (bicyclic) bond motifs is 1. The lowest BCUT2D eigenvalue weighted by Crippen LogP contribution is -2.50. The monoisotopic (exact) mass is 528 g/mol. The number of hydrogen-bond donors (Lipinski definition) is 2. The molecule has 0 spiro atoms. The number of rotatable bonds is 9. The van der Waals surface area contributed by atoms with Crippen LogP contribution < -0.4 is 11.0 Å². The molecule has 1 aromatic heterocycles. The quantitative estimate of drug-likeness (QED) is 0.317. The molecule has 1 aliphatic heterocycles. The maximum atomic E-state index is 13.0. The van der Waals surface area contributed by atoms with Crippen molar-refractivity contribution in [3.05, 3.63) is 64.7 Å². The second-order valence-electron chi connectivity index (χ2n) is 9.57. The zero-order valence-corrected chi connectivity index (χ0v) is 21.8. The Bertz CT molecular complexity index is 1430. The first-order valence-corrected chi connectivity index (χ1v) is 14.0. The predicted octanol–water partition coefficient (Wildman–Crippen LogP) is 1.64. The van der Waals surface area contributed by atoms with Crippen molar-refractivity contribution in [3.8, 4) is 11.1 Å². The molecule has 10 nitrogen and oxygen atoms in total. The summed E-state index contributed by atoms with van der Waals surface area (Å²) < 4.78 is 29.2. The number of sulfone groups is 1. The molecule has 198 valence electrons. The molecular formula is C26H32N4O6S. The second-order valence-corrected chi connectivity index (χ2v) is 12.0. The first kappa shape index (κ1) is 26.9. The average molecular weight is 529 g/mol. The number of benzene rings is 2. The highest BCUT2D eigenvalue weighted by Crippen LogP contribution is 2.24. The van der Waals surface area contributed by atoms with Gasteiger partial charge in [0.05, 0.1) is 30.4 Å². The lowest BCUT2D eigenvalue weighted by molar-refractivity contribution is -0.131. The number of ether oxygens (including phenoxy) is 1. The number of aryl methyl sites for hydroxylation is 1. The van der Waals surface area contributed by atoms with Gasteiger partial charge in [0.15, 0.2) is 14.6 Å². The third-order valence-electron chi connectivity index (χ3n) is 7.16. The Morgan fingerprint density at radius 2 is 1.78 bits per heavy atom. The Hall–Kier alpha value is -3.12. The molecule has 2 heterocycles. The Morgan fingerprint density at radius 3 is 2.43 bits per heavy atom. The number of nitrogens with one attached hydrogen (secondary N) is 1. The molecule has 1 aliphatic rings. The molecule has 1 saturated heterocycles. The topological polar surface area (TPSA) is 131 Å². The van der Waals surface area contributed by atoms with E-state index in [1.807, 2.05) is 12.1 Å². The number of carbonyl (C=O) groups excluding carboxylic acids is 1. The van der Waals surface area contributed by atoms with Crippen LogP contribution in [0.4, 0.5) is 0 Å². The molecule has 0 bridgehead atoms. The highest BCUT2D eigenvalue weighted by atomic mass is 32.2. The molecule has 37 heavy (non-hydrogen) atoms. The minimum atomic E-state index is -3.87. The lowest BCUT2D eigenvalue weighted by atomic mass is 10.0. The van der Waals surface area contributed by atoms with Gasteiger partial charge in [0, 0.05) is 32.4 Å². The van der Waals surface area contributed by atoms with Crippen molar-refractivity contribution >= 4 is 26.6 Å². The lowest BCUT2D eigenvalue weighted by Gasteiger charge is -2.26.